The Bertz CT molecular complexity index is 596. The Morgan fingerprint density at radius 3 is 2.19 bits per heavy atom. The van der Waals surface area contributed by atoms with Crippen LogP contribution in [0.2, 0.25) is 0 Å². The number of carbonyl (C=O) groups is 2. The van der Waals surface area contributed by atoms with Crippen molar-refractivity contribution in [3.63, 3.8) is 0 Å². The van der Waals surface area contributed by atoms with E-state index in [1.54, 1.807) is 0 Å². The van der Waals surface area contributed by atoms with E-state index in [0.717, 1.165) is 71.1 Å². The average Bonchev–Trinajstić information content (AvgIpc) is 2.88. The molecular formula is C21H33N3O2. The van der Waals surface area contributed by atoms with Gasteiger partial charge in [0.25, 0.3) is 0 Å². The minimum absolute atomic E-state index is 0.283. The van der Waals surface area contributed by atoms with Crippen molar-refractivity contribution in [2.75, 3.05) is 26.2 Å². The molecule has 5 nitrogen and oxygen atoms in total. The van der Waals surface area contributed by atoms with Crippen molar-refractivity contribution in [1.82, 2.24) is 14.7 Å². The molecule has 4 aliphatic rings. The number of carbonyl (C=O) groups excluding carboxylic acids is 2. The summed E-state index contributed by atoms with van der Waals surface area (Å²) in [5.41, 5.74) is 2.52. The van der Waals surface area contributed by atoms with E-state index in [9.17, 15) is 9.59 Å². The molecule has 0 bridgehead atoms. The van der Waals surface area contributed by atoms with Gasteiger partial charge in [-0.15, -0.1) is 0 Å². The predicted molar refractivity (Wildman–Crippen MR) is 101 cm³/mol. The van der Waals surface area contributed by atoms with E-state index in [2.05, 4.69) is 23.6 Å². The number of nitrogens with zero attached hydrogens (tertiary/aromatic N) is 3. The van der Waals surface area contributed by atoms with Crippen LogP contribution in [0.5, 0.6) is 0 Å². The summed E-state index contributed by atoms with van der Waals surface area (Å²) in [5.74, 6) is 0.349. The van der Waals surface area contributed by atoms with Crippen molar-refractivity contribution in [3.05, 3.63) is 11.3 Å². The SMILES string of the molecule is CC1(C)C(=O)N(C2CCN(C3CCN(C=O)CC3)CC2)C2=C1CCCC2. The molecule has 26 heavy (non-hydrogen) atoms. The predicted octanol–water partition coefficient (Wildman–Crippen LogP) is 2.77. The number of hydrogen-bond donors (Lipinski definition) is 0. The molecule has 3 heterocycles. The number of hydrogen-bond acceptors (Lipinski definition) is 3. The average molecular weight is 360 g/mol. The van der Waals surface area contributed by atoms with Gasteiger partial charge in [-0.1, -0.05) is 0 Å². The Hall–Kier alpha value is -1.36. The summed E-state index contributed by atoms with van der Waals surface area (Å²) >= 11 is 0. The first-order valence-electron chi connectivity index (χ1n) is 10.5. The fraction of sp³-hybridized carbons (Fsp3) is 0.810. The molecule has 0 aromatic heterocycles. The van der Waals surface area contributed by atoms with Gasteiger partial charge in [-0.25, -0.2) is 0 Å². The van der Waals surface area contributed by atoms with Gasteiger partial charge in [0, 0.05) is 44.0 Å². The maximum Gasteiger partial charge on any atom is 0.236 e. The summed E-state index contributed by atoms with van der Waals surface area (Å²) in [6.07, 6.45) is 10.0. The van der Waals surface area contributed by atoms with E-state index in [4.69, 9.17) is 0 Å². The second kappa shape index (κ2) is 6.99. The maximum absolute atomic E-state index is 13.2. The van der Waals surface area contributed by atoms with Gasteiger partial charge in [0.2, 0.25) is 12.3 Å². The molecule has 2 saturated heterocycles. The van der Waals surface area contributed by atoms with E-state index >= 15 is 0 Å². The van der Waals surface area contributed by atoms with Crippen molar-refractivity contribution in [2.45, 2.75) is 77.3 Å². The maximum atomic E-state index is 13.2. The van der Waals surface area contributed by atoms with Crippen molar-refractivity contribution in [1.29, 1.82) is 0 Å². The van der Waals surface area contributed by atoms with Gasteiger partial charge in [-0.3, -0.25) is 9.59 Å². The lowest BCUT2D eigenvalue weighted by Gasteiger charge is -2.43. The van der Waals surface area contributed by atoms with E-state index in [1.165, 1.54) is 24.1 Å². The molecule has 2 amide bonds. The van der Waals surface area contributed by atoms with Crippen LogP contribution in [0.4, 0.5) is 0 Å². The van der Waals surface area contributed by atoms with Gasteiger partial charge in [0.05, 0.1) is 5.41 Å². The Morgan fingerprint density at radius 1 is 0.923 bits per heavy atom. The molecule has 0 saturated carbocycles. The number of allylic oxidation sites excluding steroid dienone is 1. The minimum Gasteiger partial charge on any atom is -0.345 e. The zero-order chi connectivity index (χ0) is 18.3. The molecule has 0 radical (unpaired) electrons. The first-order valence-corrected chi connectivity index (χ1v) is 10.5. The van der Waals surface area contributed by atoms with Gasteiger partial charge in [-0.2, -0.15) is 0 Å². The number of piperidine rings is 2. The highest BCUT2D eigenvalue weighted by Crippen LogP contribution is 2.48. The molecule has 1 aliphatic carbocycles. The summed E-state index contributed by atoms with van der Waals surface area (Å²) in [7, 11) is 0. The first-order chi connectivity index (χ1) is 12.5. The van der Waals surface area contributed by atoms with Crippen LogP contribution in [0.3, 0.4) is 0 Å². The Labute approximate surface area is 157 Å². The lowest BCUT2D eigenvalue weighted by molar-refractivity contribution is -0.137. The van der Waals surface area contributed by atoms with Crippen molar-refractivity contribution in [2.24, 2.45) is 5.41 Å². The van der Waals surface area contributed by atoms with Crippen LogP contribution in [-0.4, -0.2) is 65.3 Å². The molecule has 3 aliphatic heterocycles. The largest absolute Gasteiger partial charge is 0.345 e. The van der Waals surface area contributed by atoms with Crippen LogP contribution < -0.4 is 0 Å². The van der Waals surface area contributed by atoms with Gasteiger partial charge < -0.3 is 14.7 Å². The molecular weight excluding hydrogens is 326 g/mol. The zero-order valence-electron chi connectivity index (χ0n) is 16.4. The molecule has 0 atom stereocenters. The third-order valence-corrected chi connectivity index (χ3v) is 7.27. The zero-order valence-corrected chi connectivity index (χ0v) is 16.4. The molecule has 0 spiro atoms. The van der Waals surface area contributed by atoms with Crippen molar-refractivity contribution >= 4 is 12.3 Å². The highest BCUT2D eigenvalue weighted by atomic mass is 16.2. The van der Waals surface area contributed by atoms with Crippen LogP contribution in [0, 0.1) is 5.41 Å². The molecule has 144 valence electrons. The fourth-order valence-corrected chi connectivity index (χ4v) is 5.63. The van der Waals surface area contributed by atoms with Crippen LogP contribution in [-0.2, 0) is 9.59 Å². The van der Waals surface area contributed by atoms with E-state index in [0.29, 0.717) is 18.0 Å². The third-order valence-electron chi connectivity index (χ3n) is 7.27. The van der Waals surface area contributed by atoms with Crippen LogP contribution >= 0.6 is 0 Å². The molecule has 0 aromatic rings. The van der Waals surface area contributed by atoms with Gasteiger partial charge in [0.1, 0.15) is 0 Å². The highest BCUT2D eigenvalue weighted by molar-refractivity contribution is 5.90. The summed E-state index contributed by atoms with van der Waals surface area (Å²) in [4.78, 5) is 30.8. The quantitative estimate of drug-likeness (QED) is 0.728. The van der Waals surface area contributed by atoms with Gasteiger partial charge in [0.15, 0.2) is 0 Å². The number of rotatable bonds is 3. The Kier molecular flexibility index (Phi) is 4.84. The molecule has 0 N–H and O–H groups in total. The normalized spacial score (nSPS) is 28.6. The van der Waals surface area contributed by atoms with Crippen LogP contribution in [0.25, 0.3) is 0 Å². The van der Waals surface area contributed by atoms with Crippen LogP contribution in [0.15, 0.2) is 11.3 Å². The van der Waals surface area contributed by atoms with Gasteiger partial charge in [-0.05, 0) is 70.8 Å². The molecule has 0 unspecified atom stereocenters. The van der Waals surface area contributed by atoms with E-state index < -0.39 is 0 Å². The second-order valence-corrected chi connectivity index (χ2v) is 9.07. The molecule has 0 aromatic carbocycles. The van der Waals surface area contributed by atoms with E-state index in [-0.39, 0.29) is 5.41 Å². The Morgan fingerprint density at radius 2 is 1.54 bits per heavy atom. The molecule has 5 heteroatoms. The van der Waals surface area contributed by atoms with Crippen LogP contribution in [0.1, 0.15) is 65.2 Å². The summed E-state index contributed by atoms with van der Waals surface area (Å²) < 4.78 is 0. The first kappa shape index (κ1) is 18.0. The van der Waals surface area contributed by atoms with E-state index in [1.807, 2.05) is 4.90 Å². The number of amides is 2. The topological polar surface area (TPSA) is 43.9 Å². The fourth-order valence-electron chi connectivity index (χ4n) is 5.63. The molecule has 2 fully saturated rings. The second-order valence-electron chi connectivity index (χ2n) is 9.07. The third kappa shape index (κ3) is 2.98. The summed E-state index contributed by atoms with van der Waals surface area (Å²) in [5, 5.41) is 0. The molecule has 4 rings (SSSR count). The lowest BCUT2D eigenvalue weighted by atomic mass is 9.80. The summed E-state index contributed by atoms with van der Waals surface area (Å²) in [6.45, 7) is 8.22. The highest BCUT2D eigenvalue weighted by Gasteiger charge is 2.48. The van der Waals surface area contributed by atoms with Gasteiger partial charge >= 0.3 is 0 Å². The minimum atomic E-state index is -0.283. The summed E-state index contributed by atoms with van der Waals surface area (Å²) in [6, 6.07) is 1.00. The van der Waals surface area contributed by atoms with Crippen molar-refractivity contribution in [3.8, 4) is 0 Å². The van der Waals surface area contributed by atoms with Crippen molar-refractivity contribution < 1.29 is 9.59 Å². The monoisotopic (exact) mass is 359 g/mol. The standard InChI is InChI=1S/C21H33N3O2/c1-21(2)18-5-3-4-6-19(18)24(20(21)26)17-9-13-23(14-10-17)16-7-11-22(15-25)12-8-16/h15-17H,3-14H2,1-2H3. The Balaban J connectivity index is 1.40. The number of likely N-dealkylation sites (tertiary alicyclic amines) is 2. The smallest absolute Gasteiger partial charge is 0.236 e. The lowest BCUT2D eigenvalue weighted by Crippen LogP contribution is -2.51.